The minimum Gasteiger partial charge on any atom is -0.362 e. The van der Waals surface area contributed by atoms with Gasteiger partial charge < -0.3 is 5.32 Å². The molecule has 1 aromatic heterocycles. The first-order chi connectivity index (χ1) is 8.85. The first-order valence-corrected chi connectivity index (χ1v) is 6.77. The summed E-state index contributed by atoms with van der Waals surface area (Å²) < 4.78 is 1.46. The molecular formula is C13H24N4O2. The van der Waals surface area contributed by atoms with Crippen molar-refractivity contribution in [3.05, 3.63) is 16.3 Å². The zero-order chi connectivity index (χ0) is 14.5. The van der Waals surface area contributed by atoms with E-state index in [1.807, 2.05) is 0 Å². The maximum Gasteiger partial charge on any atom is 0.330 e. The fourth-order valence-electron chi connectivity index (χ4n) is 2.00. The van der Waals surface area contributed by atoms with Gasteiger partial charge in [0.05, 0.1) is 4.92 Å². The lowest BCUT2D eigenvalue weighted by Crippen LogP contribution is -2.23. The number of nitrogens with one attached hydrogen (secondary N) is 1. The highest BCUT2D eigenvalue weighted by molar-refractivity contribution is 5.54. The molecular weight excluding hydrogens is 244 g/mol. The first kappa shape index (κ1) is 15.5. The van der Waals surface area contributed by atoms with E-state index >= 15 is 0 Å². The zero-order valence-electron chi connectivity index (χ0n) is 12.3. The summed E-state index contributed by atoms with van der Waals surface area (Å²) in [4.78, 5) is 10.5. The molecule has 0 amide bonds. The number of rotatable bonds is 8. The molecule has 1 rings (SSSR count). The molecule has 1 heterocycles. The number of aryl methyl sites for hydroxylation is 1. The van der Waals surface area contributed by atoms with Gasteiger partial charge in [-0.15, -0.1) is 5.10 Å². The first-order valence-electron chi connectivity index (χ1n) is 6.77. The molecule has 1 N–H and O–H groups in total. The quantitative estimate of drug-likeness (QED) is 0.446. The Bertz CT molecular complexity index is 426. The van der Waals surface area contributed by atoms with Gasteiger partial charge in [-0.25, -0.2) is 0 Å². The molecule has 0 unspecified atom stereocenters. The van der Waals surface area contributed by atoms with Crippen molar-refractivity contribution in [2.45, 2.75) is 46.5 Å². The summed E-state index contributed by atoms with van der Waals surface area (Å²) >= 11 is 0. The average molecular weight is 268 g/mol. The SMILES string of the molecule is CCCCCC(C)(C)CNc1nn(C)cc1[N+](=O)[O-]. The standard InChI is InChI=1S/C13H24N4O2/c1-5-6-7-8-13(2,3)10-14-12-11(17(18)19)9-16(4)15-12/h9H,5-8,10H2,1-4H3,(H,14,15). The van der Waals surface area contributed by atoms with E-state index in [9.17, 15) is 10.1 Å². The Balaban J connectivity index is 2.58. The predicted molar refractivity (Wildman–Crippen MR) is 76.3 cm³/mol. The number of nitrogens with zero attached hydrogens (tertiary/aromatic N) is 3. The summed E-state index contributed by atoms with van der Waals surface area (Å²) in [6.45, 7) is 7.21. The van der Waals surface area contributed by atoms with E-state index in [2.05, 4.69) is 31.2 Å². The van der Waals surface area contributed by atoms with Gasteiger partial charge in [0.2, 0.25) is 5.82 Å². The summed E-state index contributed by atoms with van der Waals surface area (Å²) in [6, 6.07) is 0. The van der Waals surface area contributed by atoms with Gasteiger partial charge in [-0.05, 0) is 11.8 Å². The van der Waals surface area contributed by atoms with E-state index in [4.69, 9.17) is 0 Å². The van der Waals surface area contributed by atoms with Crippen LogP contribution in [0.4, 0.5) is 11.5 Å². The van der Waals surface area contributed by atoms with Crippen LogP contribution in [0.15, 0.2) is 6.20 Å². The van der Waals surface area contributed by atoms with Crippen molar-refractivity contribution in [2.75, 3.05) is 11.9 Å². The highest BCUT2D eigenvalue weighted by Gasteiger charge is 2.22. The van der Waals surface area contributed by atoms with Gasteiger partial charge >= 0.3 is 5.69 Å². The van der Waals surface area contributed by atoms with Crippen molar-refractivity contribution in [3.8, 4) is 0 Å². The van der Waals surface area contributed by atoms with Crippen LogP contribution < -0.4 is 5.32 Å². The van der Waals surface area contributed by atoms with Crippen LogP contribution in [0, 0.1) is 15.5 Å². The Morgan fingerprint density at radius 3 is 2.74 bits per heavy atom. The molecule has 0 aliphatic carbocycles. The van der Waals surface area contributed by atoms with Crippen molar-refractivity contribution in [2.24, 2.45) is 12.5 Å². The molecule has 19 heavy (non-hydrogen) atoms. The largest absolute Gasteiger partial charge is 0.362 e. The monoisotopic (exact) mass is 268 g/mol. The number of hydrogen-bond donors (Lipinski definition) is 1. The van der Waals surface area contributed by atoms with Gasteiger partial charge in [0.1, 0.15) is 6.20 Å². The average Bonchev–Trinajstić information content (AvgIpc) is 2.68. The van der Waals surface area contributed by atoms with Crippen LogP contribution in [0.1, 0.15) is 46.5 Å². The smallest absolute Gasteiger partial charge is 0.330 e. The maximum atomic E-state index is 10.9. The summed E-state index contributed by atoms with van der Waals surface area (Å²) in [5.41, 5.74) is 0.146. The fraction of sp³-hybridized carbons (Fsp3) is 0.769. The second kappa shape index (κ2) is 6.54. The number of nitro groups is 1. The van der Waals surface area contributed by atoms with Crippen molar-refractivity contribution in [1.29, 1.82) is 0 Å². The molecule has 6 nitrogen and oxygen atoms in total. The van der Waals surface area contributed by atoms with Crippen LogP contribution in [0.25, 0.3) is 0 Å². The van der Waals surface area contributed by atoms with E-state index in [0.29, 0.717) is 12.4 Å². The van der Waals surface area contributed by atoms with Gasteiger partial charge in [-0.2, -0.15) is 0 Å². The summed E-state index contributed by atoms with van der Waals surface area (Å²) in [7, 11) is 1.69. The van der Waals surface area contributed by atoms with Crippen molar-refractivity contribution in [1.82, 2.24) is 9.78 Å². The Kier molecular flexibility index (Phi) is 5.32. The molecule has 0 spiro atoms. The van der Waals surface area contributed by atoms with Crippen LogP contribution in [0.3, 0.4) is 0 Å². The minimum atomic E-state index is -0.403. The van der Waals surface area contributed by atoms with Crippen molar-refractivity contribution in [3.63, 3.8) is 0 Å². The fourth-order valence-corrected chi connectivity index (χ4v) is 2.00. The van der Waals surface area contributed by atoms with Gasteiger partial charge in [0.15, 0.2) is 0 Å². The molecule has 0 aliphatic rings. The Morgan fingerprint density at radius 2 is 2.16 bits per heavy atom. The van der Waals surface area contributed by atoms with Crippen LogP contribution in [0.2, 0.25) is 0 Å². The normalized spacial score (nSPS) is 11.6. The highest BCUT2D eigenvalue weighted by Crippen LogP contribution is 2.27. The lowest BCUT2D eigenvalue weighted by Gasteiger charge is -2.24. The molecule has 0 aliphatic heterocycles. The molecule has 0 saturated carbocycles. The second-order valence-corrected chi connectivity index (χ2v) is 5.77. The number of hydrogen-bond acceptors (Lipinski definition) is 4. The Morgan fingerprint density at radius 1 is 1.47 bits per heavy atom. The number of anilines is 1. The van der Waals surface area contributed by atoms with Gasteiger partial charge in [0, 0.05) is 13.6 Å². The minimum absolute atomic E-state index is 0.0341. The maximum absolute atomic E-state index is 10.9. The summed E-state index contributed by atoms with van der Waals surface area (Å²) in [5, 5.41) is 18.1. The van der Waals surface area contributed by atoms with E-state index < -0.39 is 4.92 Å². The second-order valence-electron chi connectivity index (χ2n) is 5.77. The molecule has 0 saturated heterocycles. The van der Waals surface area contributed by atoms with Crippen LogP contribution in [0.5, 0.6) is 0 Å². The van der Waals surface area contributed by atoms with Crippen molar-refractivity contribution >= 4 is 11.5 Å². The topological polar surface area (TPSA) is 73.0 Å². The van der Waals surface area contributed by atoms with Crippen LogP contribution in [-0.4, -0.2) is 21.2 Å². The molecule has 6 heteroatoms. The predicted octanol–water partition coefficient (Wildman–Crippen LogP) is 3.35. The van der Waals surface area contributed by atoms with E-state index in [1.54, 1.807) is 7.05 Å². The van der Waals surface area contributed by atoms with Crippen molar-refractivity contribution < 1.29 is 4.92 Å². The Hall–Kier alpha value is -1.59. The van der Waals surface area contributed by atoms with Crippen LogP contribution >= 0.6 is 0 Å². The lowest BCUT2D eigenvalue weighted by molar-refractivity contribution is -0.384. The molecule has 0 fully saturated rings. The summed E-state index contributed by atoms with van der Waals surface area (Å²) in [5.74, 6) is 0.357. The molecule has 108 valence electrons. The van der Waals surface area contributed by atoms with E-state index in [-0.39, 0.29) is 11.1 Å². The lowest BCUT2D eigenvalue weighted by atomic mass is 9.87. The van der Waals surface area contributed by atoms with Crippen LogP contribution in [-0.2, 0) is 7.05 Å². The van der Waals surface area contributed by atoms with Gasteiger partial charge in [0.25, 0.3) is 0 Å². The molecule has 0 radical (unpaired) electrons. The molecule has 0 aromatic carbocycles. The molecule has 0 atom stereocenters. The third-order valence-corrected chi connectivity index (χ3v) is 3.20. The summed E-state index contributed by atoms with van der Waals surface area (Å²) in [6.07, 6.45) is 6.15. The van der Waals surface area contributed by atoms with E-state index in [1.165, 1.54) is 30.1 Å². The Labute approximate surface area is 114 Å². The third kappa shape index (κ3) is 4.89. The van der Waals surface area contributed by atoms with Gasteiger partial charge in [-0.1, -0.05) is 40.0 Å². The zero-order valence-corrected chi connectivity index (χ0v) is 12.3. The van der Waals surface area contributed by atoms with E-state index in [0.717, 1.165) is 6.42 Å². The molecule has 1 aromatic rings. The third-order valence-electron chi connectivity index (χ3n) is 3.20. The highest BCUT2D eigenvalue weighted by atomic mass is 16.6. The number of unbranched alkanes of at least 4 members (excludes halogenated alkanes) is 2. The van der Waals surface area contributed by atoms with Gasteiger partial charge in [-0.3, -0.25) is 14.8 Å². The number of aromatic nitrogens is 2. The molecule has 0 bridgehead atoms.